The van der Waals surface area contributed by atoms with E-state index in [9.17, 15) is 9.59 Å². The summed E-state index contributed by atoms with van der Waals surface area (Å²) in [5.74, 6) is 0.452. The third kappa shape index (κ3) is 25.4. The summed E-state index contributed by atoms with van der Waals surface area (Å²) in [5.41, 5.74) is 0. The molecule has 5 heteroatoms. The van der Waals surface area contributed by atoms with Crippen molar-refractivity contribution in [1.29, 1.82) is 0 Å². The SMILES string of the molecule is CCCCCCCCCCCCOC(=O)CCCCC(=O)OCCCCCCCCCl. The number of ether oxygens (including phenoxy) is 2. The van der Waals surface area contributed by atoms with E-state index >= 15 is 0 Å². The molecular weight excluding hydrogens is 412 g/mol. The second-order valence-corrected chi connectivity index (χ2v) is 9.02. The van der Waals surface area contributed by atoms with E-state index in [0.29, 0.717) is 38.9 Å². The summed E-state index contributed by atoms with van der Waals surface area (Å²) < 4.78 is 10.5. The monoisotopic (exact) mass is 460 g/mol. The number of carbonyl (C=O) groups excluding carboxylic acids is 2. The molecule has 31 heavy (non-hydrogen) atoms. The molecule has 0 aliphatic rings. The Morgan fingerprint density at radius 1 is 0.516 bits per heavy atom. The van der Waals surface area contributed by atoms with Crippen molar-refractivity contribution in [3.05, 3.63) is 0 Å². The summed E-state index contributed by atoms with van der Waals surface area (Å²) in [6.45, 7) is 3.29. The van der Waals surface area contributed by atoms with Gasteiger partial charge in [0.05, 0.1) is 13.2 Å². The first-order valence-electron chi connectivity index (χ1n) is 13.1. The Labute approximate surface area is 197 Å². The van der Waals surface area contributed by atoms with E-state index in [1.165, 1.54) is 70.6 Å². The number of rotatable bonds is 24. The maximum Gasteiger partial charge on any atom is 0.305 e. The Morgan fingerprint density at radius 2 is 0.871 bits per heavy atom. The van der Waals surface area contributed by atoms with Gasteiger partial charge < -0.3 is 9.47 Å². The van der Waals surface area contributed by atoms with E-state index in [2.05, 4.69) is 6.92 Å². The number of carbonyl (C=O) groups is 2. The third-order valence-electron chi connectivity index (χ3n) is 5.56. The lowest BCUT2D eigenvalue weighted by atomic mass is 10.1. The molecule has 0 saturated heterocycles. The minimum absolute atomic E-state index is 0.140. The van der Waals surface area contributed by atoms with E-state index in [4.69, 9.17) is 21.1 Å². The minimum Gasteiger partial charge on any atom is -0.466 e. The van der Waals surface area contributed by atoms with Crippen LogP contribution in [-0.4, -0.2) is 31.0 Å². The Hall–Kier alpha value is -0.770. The van der Waals surface area contributed by atoms with Crippen molar-refractivity contribution in [2.45, 2.75) is 135 Å². The zero-order valence-corrected chi connectivity index (χ0v) is 21.0. The van der Waals surface area contributed by atoms with Crippen LogP contribution in [0.2, 0.25) is 0 Å². The van der Waals surface area contributed by atoms with Gasteiger partial charge in [-0.25, -0.2) is 0 Å². The number of halogens is 1. The Bertz CT molecular complexity index is 401. The van der Waals surface area contributed by atoms with E-state index in [1.807, 2.05) is 0 Å². The van der Waals surface area contributed by atoms with Crippen LogP contribution in [0.3, 0.4) is 0 Å². The largest absolute Gasteiger partial charge is 0.466 e. The molecule has 0 bridgehead atoms. The molecule has 0 saturated carbocycles. The van der Waals surface area contributed by atoms with Crippen molar-refractivity contribution in [2.24, 2.45) is 0 Å². The van der Waals surface area contributed by atoms with Crippen molar-refractivity contribution in [3.8, 4) is 0 Å². The van der Waals surface area contributed by atoms with Crippen LogP contribution in [0.25, 0.3) is 0 Å². The topological polar surface area (TPSA) is 52.6 Å². The molecule has 0 N–H and O–H groups in total. The molecule has 0 atom stereocenters. The molecule has 0 aromatic carbocycles. The molecule has 0 unspecified atom stereocenters. The lowest BCUT2D eigenvalue weighted by Gasteiger charge is -2.06. The summed E-state index contributed by atoms with van der Waals surface area (Å²) in [4.78, 5) is 23.4. The highest BCUT2D eigenvalue weighted by Gasteiger charge is 2.06. The molecule has 0 aromatic rings. The molecule has 0 fully saturated rings. The molecule has 4 nitrogen and oxygen atoms in total. The molecule has 0 aliphatic carbocycles. The van der Waals surface area contributed by atoms with E-state index in [-0.39, 0.29) is 11.9 Å². The minimum atomic E-state index is -0.152. The van der Waals surface area contributed by atoms with E-state index < -0.39 is 0 Å². The second-order valence-electron chi connectivity index (χ2n) is 8.64. The summed E-state index contributed by atoms with van der Waals surface area (Å²) in [7, 11) is 0. The fraction of sp³-hybridized carbons (Fsp3) is 0.923. The van der Waals surface area contributed by atoms with Crippen molar-refractivity contribution in [3.63, 3.8) is 0 Å². The quantitative estimate of drug-likeness (QED) is 0.0828. The van der Waals surface area contributed by atoms with E-state index in [1.54, 1.807) is 0 Å². The lowest BCUT2D eigenvalue weighted by molar-refractivity contribution is -0.146. The van der Waals surface area contributed by atoms with Gasteiger partial charge in [0, 0.05) is 18.7 Å². The van der Waals surface area contributed by atoms with Crippen LogP contribution >= 0.6 is 11.6 Å². The highest BCUT2D eigenvalue weighted by Crippen LogP contribution is 2.11. The second kappa shape index (κ2) is 25.5. The predicted octanol–water partition coefficient (Wildman–Crippen LogP) is 8.13. The zero-order valence-electron chi connectivity index (χ0n) is 20.3. The number of hydrogen-bond acceptors (Lipinski definition) is 4. The summed E-state index contributed by atoms with van der Waals surface area (Å²) >= 11 is 5.65. The lowest BCUT2D eigenvalue weighted by Crippen LogP contribution is -2.08. The van der Waals surface area contributed by atoms with Crippen LogP contribution in [0.15, 0.2) is 0 Å². The smallest absolute Gasteiger partial charge is 0.305 e. The average molecular weight is 461 g/mol. The van der Waals surface area contributed by atoms with Crippen molar-refractivity contribution >= 4 is 23.5 Å². The number of unbranched alkanes of at least 4 members (excludes halogenated alkanes) is 15. The predicted molar refractivity (Wildman–Crippen MR) is 131 cm³/mol. The van der Waals surface area contributed by atoms with Crippen molar-refractivity contribution in [1.82, 2.24) is 0 Å². The zero-order chi connectivity index (χ0) is 22.8. The van der Waals surface area contributed by atoms with Crippen LogP contribution in [0.4, 0.5) is 0 Å². The first-order valence-corrected chi connectivity index (χ1v) is 13.6. The molecule has 0 spiro atoms. The molecule has 184 valence electrons. The van der Waals surface area contributed by atoms with Gasteiger partial charge in [-0.05, 0) is 32.1 Å². The maximum atomic E-state index is 11.7. The van der Waals surface area contributed by atoms with Crippen molar-refractivity contribution in [2.75, 3.05) is 19.1 Å². The Morgan fingerprint density at radius 3 is 1.26 bits per heavy atom. The summed E-state index contributed by atoms with van der Waals surface area (Å²) in [6, 6.07) is 0. The van der Waals surface area contributed by atoms with Crippen LogP contribution in [0, 0.1) is 0 Å². The van der Waals surface area contributed by atoms with Crippen LogP contribution in [0.5, 0.6) is 0 Å². The Balaban J connectivity index is 3.29. The number of esters is 2. The van der Waals surface area contributed by atoms with Crippen LogP contribution in [0.1, 0.15) is 135 Å². The molecule has 0 heterocycles. The molecule has 0 aliphatic heterocycles. The fourth-order valence-electron chi connectivity index (χ4n) is 3.55. The summed E-state index contributed by atoms with van der Waals surface area (Å²) in [5, 5.41) is 0. The molecule has 0 aromatic heterocycles. The van der Waals surface area contributed by atoms with Gasteiger partial charge in [-0.15, -0.1) is 11.6 Å². The van der Waals surface area contributed by atoms with Gasteiger partial charge in [0.1, 0.15) is 0 Å². The molecule has 0 radical (unpaired) electrons. The summed E-state index contributed by atoms with van der Waals surface area (Å²) in [6.07, 6.45) is 21.6. The third-order valence-corrected chi connectivity index (χ3v) is 5.83. The first-order chi connectivity index (χ1) is 15.2. The van der Waals surface area contributed by atoms with Crippen LogP contribution < -0.4 is 0 Å². The fourth-order valence-corrected chi connectivity index (χ4v) is 3.74. The van der Waals surface area contributed by atoms with Gasteiger partial charge in [-0.3, -0.25) is 9.59 Å². The standard InChI is InChI=1S/C26H49ClO4/c1-2-3-4-5-6-7-8-10-13-18-23-30-25(28)20-15-16-21-26(29)31-24-19-14-11-9-12-17-22-27/h2-24H2,1H3. The van der Waals surface area contributed by atoms with Gasteiger partial charge in [-0.2, -0.15) is 0 Å². The first kappa shape index (κ1) is 30.2. The number of alkyl halides is 1. The highest BCUT2D eigenvalue weighted by molar-refractivity contribution is 6.17. The normalized spacial score (nSPS) is 10.9. The maximum absolute atomic E-state index is 11.7. The average Bonchev–Trinajstić information content (AvgIpc) is 2.77. The van der Waals surface area contributed by atoms with Crippen LogP contribution in [-0.2, 0) is 19.1 Å². The highest BCUT2D eigenvalue weighted by atomic mass is 35.5. The van der Waals surface area contributed by atoms with Gasteiger partial charge in [0.15, 0.2) is 0 Å². The molecule has 0 amide bonds. The van der Waals surface area contributed by atoms with Gasteiger partial charge in [0.25, 0.3) is 0 Å². The molecular formula is C26H49ClO4. The van der Waals surface area contributed by atoms with Gasteiger partial charge in [0.2, 0.25) is 0 Å². The van der Waals surface area contributed by atoms with Gasteiger partial charge >= 0.3 is 11.9 Å². The van der Waals surface area contributed by atoms with Gasteiger partial charge in [-0.1, -0.05) is 90.4 Å². The van der Waals surface area contributed by atoms with E-state index in [0.717, 1.165) is 38.0 Å². The Kier molecular flexibility index (Phi) is 24.9. The number of hydrogen-bond donors (Lipinski definition) is 0. The molecule has 0 rings (SSSR count). The van der Waals surface area contributed by atoms with Crippen molar-refractivity contribution < 1.29 is 19.1 Å².